The van der Waals surface area contributed by atoms with E-state index in [1.807, 2.05) is 6.07 Å². The molecule has 0 saturated carbocycles. The molecule has 0 heterocycles. The van der Waals surface area contributed by atoms with Gasteiger partial charge in [-0.25, -0.2) is 4.39 Å². The van der Waals surface area contributed by atoms with Crippen molar-refractivity contribution in [1.29, 1.82) is 0 Å². The zero-order chi connectivity index (χ0) is 15.1. The first-order valence-electron chi connectivity index (χ1n) is 6.45. The molecule has 3 nitrogen and oxygen atoms in total. The van der Waals surface area contributed by atoms with Crippen LogP contribution >= 0.6 is 0 Å². The van der Waals surface area contributed by atoms with Crippen molar-refractivity contribution in [2.24, 2.45) is 0 Å². The lowest BCUT2D eigenvalue weighted by Gasteiger charge is -2.00. The van der Waals surface area contributed by atoms with Crippen LogP contribution in [0.25, 0.3) is 0 Å². The van der Waals surface area contributed by atoms with Gasteiger partial charge in [0.2, 0.25) is 0 Å². The fourth-order valence-corrected chi connectivity index (χ4v) is 1.72. The number of ketones is 2. The van der Waals surface area contributed by atoms with E-state index in [0.29, 0.717) is 11.1 Å². The normalized spacial score (nSPS) is 10.5. The highest BCUT2D eigenvalue weighted by molar-refractivity contribution is 6.04. The number of benzene rings is 2. The number of halogens is 1. The van der Waals surface area contributed by atoms with Gasteiger partial charge in [-0.2, -0.15) is 0 Å². The van der Waals surface area contributed by atoms with Crippen LogP contribution in [-0.2, 0) is 0 Å². The highest BCUT2D eigenvalue weighted by Crippen LogP contribution is 2.04. The topological polar surface area (TPSA) is 46.2 Å². The van der Waals surface area contributed by atoms with Crippen LogP contribution < -0.4 is 5.32 Å². The van der Waals surface area contributed by atoms with Crippen LogP contribution in [0.4, 0.5) is 4.39 Å². The second-order valence-electron chi connectivity index (χ2n) is 4.37. The molecule has 1 N–H and O–H groups in total. The highest BCUT2D eigenvalue weighted by atomic mass is 19.1. The number of carbonyl (C=O) groups is 2. The van der Waals surface area contributed by atoms with Crippen molar-refractivity contribution in [2.75, 3.05) is 6.54 Å². The van der Waals surface area contributed by atoms with Gasteiger partial charge in [0.15, 0.2) is 11.6 Å². The zero-order valence-electron chi connectivity index (χ0n) is 11.3. The molecule has 0 unspecified atom stereocenters. The molecular weight excluding hydrogens is 269 g/mol. The molecule has 0 aromatic heterocycles. The van der Waals surface area contributed by atoms with Crippen LogP contribution in [0.1, 0.15) is 20.7 Å². The average molecular weight is 283 g/mol. The van der Waals surface area contributed by atoms with E-state index in [1.54, 1.807) is 24.3 Å². The fraction of sp³-hybridized carbons (Fsp3) is 0.0588. The molecule has 0 spiro atoms. The first-order chi connectivity index (χ1) is 10.2. The fourth-order valence-electron chi connectivity index (χ4n) is 1.72. The summed E-state index contributed by atoms with van der Waals surface area (Å²) >= 11 is 0. The average Bonchev–Trinajstić information content (AvgIpc) is 2.52. The van der Waals surface area contributed by atoms with Crippen molar-refractivity contribution in [2.45, 2.75) is 0 Å². The van der Waals surface area contributed by atoms with Crippen LogP contribution in [-0.4, -0.2) is 18.1 Å². The third-order valence-electron chi connectivity index (χ3n) is 2.84. The summed E-state index contributed by atoms with van der Waals surface area (Å²) in [5.74, 6) is -0.703. The smallest absolute Gasteiger partial charge is 0.187 e. The van der Waals surface area contributed by atoms with Crippen LogP contribution in [0.2, 0.25) is 0 Å². The Morgan fingerprint density at radius 3 is 2.29 bits per heavy atom. The van der Waals surface area contributed by atoms with Crippen LogP contribution in [0.15, 0.2) is 66.9 Å². The van der Waals surface area contributed by atoms with Gasteiger partial charge >= 0.3 is 0 Å². The van der Waals surface area contributed by atoms with Crippen molar-refractivity contribution in [3.63, 3.8) is 0 Å². The monoisotopic (exact) mass is 283 g/mol. The summed E-state index contributed by atoms with van der Waals surface area (Å²) in [6.07, 6.45) is 2.73. The second kappa shape index (κ2) is 7.14. The summed E-state index contributed by atoms with van der Waals surface area (Å²) in [5, 5.41) is 2.77. The number of carbonyl (C=O) groups excluding carboxylic acids is 2. The van der Waals surface area contributed by atoms with E-state index in [4.69, 9.17) is 0 Å². The van der Waals surface area contributed by atoms with E-state index in [2.05, 4.69) is 5.32 Å². The molecule has 2 aromatic rings. The van der Waals surface area contributed by atoms with Gasteiger partial charge in [0.1, 0.15) is 5.82 Å². The zero-order valence-corrected chi connectivity index (χ0v) is 11.3. The van der Waals surface area contributed by atoms with Gasteiger partial charge in [0, 0.05) is 23.4 Å². The van der Waals surface area contributed by atoms with Gasteiger partial charge in [0.05, 0.1) is 6.54 Å². The van der Waals surface area contributed by atoms with Crippen molar-refractivity contribution < 1.29 is 14.0 Å². The Hall–Kier alpha value is -2.75. The highest BCUT2D eigenvalue weighted by Gasteiger charge is 2.03. The van der Waals surface area contributed by atoms with E-state index in [1.165, 1.54) is 36.5 Å². The number of rotatable bonds is 6. The number of hydrogen-bond donors (Lipinski definition) is 1. The van der Waals surface area contributed by atoms with E-state index < -0.39 is 0 Å². The molecule has 21 heavy (non-hydrogen) atoms. The molecule has 0 fully saturated rings. The Morgan fingerprint density at radius 1 is 0.952 bits per heavy atom. The molecule has 0 aliphatic rings. The molecule has 4 heteroatoms. The van der Waals surface area contributed by atoms with Crippen molar-refractivity contribution in [3.8, 4) is 0 Å². The van der Waals surface area contributed by atoms with Crippen molar-refractivity contribution in [3.05, 3.63) is 83.8 Å². The molecule has 2 rings (SSSR count). The van der Waals surface area contributed by atoms with Gasteiger partial charge in [-0.3, -0.25) is 9.59 Å². The molecule has 0 radical (unpaired) electrons. The van der Waals surface area contributed by atoms with E-state index in [-0.39, 0.29) is 23.9 Å². The Morgan fingerprint density at radius 2 is 1.62 bits per heavy atom. The van der Waals surface area contributed by atoms with Crippen LogP contribution in [0.3, 0.4) is 0 Å². The summed E-state index contributed by atoms with van der Waals surface area (Å²) in [6, 6.07) is 14.2. The maximum atomic E-state index is 12.7. The molecule has 0 saturated heterocycles. The molecule has 0 bridgehead atoms. The minimum absolute atomic E-state index is 0.0607. The lowest BCUT2D eigenvalue weighted by Crippen LogP contribution is -2.18. The molecule has 2 aromatic carbocycles. The Bertz CT molecular complexity index is 648. The SMILES string of the molecule is O=C(C=CNCC(=O)c1ccccc1)c1ccc(F)cc1. The molecule has 106 valence electrons. The quantitative estimate of drug-likeness (QED) is 0.655. The Balaban J connectivity index is 1.84. The van der Waals surface area contributed by atoms with Gasteiger partial charge in [-0.1, -0.05) is 30.3 Å². The largest absolute Gasteiger partial charge is 0.383 e. The lowest BCUT2D eigenvalue weighted by molar-refractivity contribution is 0.0992. The Labute approximate surface area is 122 Å². The first kappa shape index (κ1) is 14.7. The second-order valence-corrected chi connectivity index (χ2v) is 4.37. The minimum Gasteiger partial charge on any atom is -0.383 e. The summed E-state index contributed by atoms with van der Waals surface area (Å²) in [6.45, 7) is 0.108. The molecular formula is C17H14FNO2. The van der Waals surface area contributed by atoms with Crippen molar-refractivity contribution >= 4 is 11.6 Å². The van der Waals surface area contributed by atoms with Gasteiger partial charge in [-0.15, -0.1) is 0 Å². The lowest BCUT2D eigenvalue weighted by atomic mass is 10.1. The number of allylic oxidation sites excluding steroid dienone is 1. The van der Waals surface area contributed by atoms with Crippen molar-refractivity contribution in [1.82, 2.24) is 5.32 Å². The first-order valence-corrected chi connectivity index (χ1v) is 6.45. The molecule has 0 amide bonds. The van der Waals surface area contributed by atoms with E-state index in [9.17, 15) is 14.0 Å². The number of hydrogen-bond acceptors (Lipinski definition) is 3. The predicted octanol–water partition coefficient (Wildman–Crippen LogP) is 2.99. The third-order valence-corrected chi connectivity index (χ3v) is 2.84. The third kappa shape index (κ3) is 4.38. The minimum atomic E-state index is -0.387. The predicted molar refractivity (Wildman–Crippen MR) is 78.6 cm³/mol. The summed E-state index contributed by atoms with van der Waals surface area (Å²) in [4.78, 5) is 23.5. The standard InChI is InChI=1S/C17H14FNO2/c18-15-8-6-14(7-9-15)16(20)10-11-19-12-17(21)13-4-2-1-3-5-13/h1-11,19H,12H2. The molecule has 0 aliphatic heterocycles. The van der Waals surface area contributed by atoms with Crippen LogP contribution in [0, 0.1) is 5.82 Å². The van der Waals surface area contributed by atoms with Gasteiger partial charge in [0.25, 0.3) is 0 Å². The molecule has 0 aliphatic carbocycles. The molecule has 0 atom stereocenters. The Kier molecular flexibility index (Phi) is 4.99. The maximum absolute atomic E-state index is 12.7. The van der Waals surface area contributed by atoms with E-state index in [0.717, 1.165) is 0 Å². The number of nitrogens with one attached hydrogen (secondary N) is 1. The maximum Gasteiger partial charge on any atom is 0.187 e. The summed E-state index contributed by atoms with van der Waals surface area (Å²) in [5.41, 5.74) is 1.01. The van der Waals surface area contributed by atoms with Gasteiger partial charge in [-0.05, 0) is 24.3 Å². The van der Waals surface area contributed by atoms with Gasteiger partial charge < -0.3 is 5.32 Å². The number of Topliss-reactive ketones (excluding diaryl/α,β-unsaturated/α-hetero) is 1. The van der Waals surface area contributed by atoms with Crippen LogP contribution in [0.5, 0.6) is 0 Å². The summed E-state index contributed by atoms with van der Waals surface area (Å²) < 4.78 is 12.7. The van der Waals surface area contributed by atoms with E-state index >= 15 is 0 Å². The summed E-state index contributed by atoms with van der Waals surface area (Å²) in [7, 11) is 0.